The zero-order chi connectivity index (χ0) is 17.2. The van der Waals surface area contributed by atoms with Gasteiger partial charge in [-0.3, -0.25) is 4.79 Å². The molecule has 0 atom stereocenters. The number of nitrogens with two attached hydrogens (primary N) is 1. The standard InChI is InChI=1S/C14H11Cl2NO5S/c1-21-9-3-4-10(14(17)18)12(7-9)22-23(19,20)13-6-8(15)2-5-11(13)16/h2-7H,1H3,(H2,17,18). The number of benzene rings is 2. The first-order valence-electron chi connectivity index (χ1n) is 6.12. The molecule has 0 aliphatic carbocycles. The third kappa shape index (κ3) is 3.87. The Kier molecular flexibility index (Phi) is 5.03. The van der Waals surface area contributed by atoms with Gasteiger partial charge in [-0.05, 0) is 30.3 Å². The topological polar surface area (TPSA) is 95.7 Å². The van der Waals surface area contributed by atoms with Crippen molar-refractivity contribution in [1.29, 1.82) is 0 Å². The molecule has 0 aromatic heterocycles. The zero-order valence-electron chi connectivity index (χ0n) is 11.7. The van der Waals surface area contributed by atoms with Gasteiger partial charge in [-0.25, -0.2) is 0 Å². The van der Waals surface area contributed by atoms with Gasteiger partial charge in [0, 0.05) is 11.1 Å². The Morgan fingerprint density at radius 1 is 1.13 bits per heavy atom. The minimum absolute atomic E-state index is 0.0714. The molecule has 0 fully saturated rings. The first-order chi connectivity index (χ1) is 10.7. The van der Waals surface area contributed by atoms with Crippen molar-refractivity contribution in [3.63, 3.8) is 0 Å². The number of hydrogen-bond donors (Lipinski definition) is 1. The van der Waals surface area contributed by atoms with Crippen LogP contribution < -0.4 is 14.7 Å². The van der Waals surface area contributed by atoms with Crippen molar-refractivity contribution in [1.82, 2.24) is 0 Å². The summed E-state index contributed by atoms with van der Waals surface area (Å²) in [6.07, 6.45) is 0. The summed E-state index contributed by atoms with van der Waals surface area (Å²) in [5.41, 5.74) is 5.10. The molecule has 0 radical (unpaired) electrons. The molecular formula is C14H11Cl2NO5S. The van der Waals surface area contributed by atoms with Crippen LogP contribution in [0.15, 0.2) is 41.3 Å². The van der Waals surface area contributed by atoms with E-state index in [9.17, 15) is 13.2 Å². The molecule has 0 bridgehead atoms. The van der Waals surface area contributed by atoms with E-state index in [0.29, 0.717) is 0 Å². The number of rotatable bonds is 5. The molecule has 9 heteroatoms. The van der Waals surface area contributed by atoms with Crippen molar-refractivity contribution in [2.45, 2.75) is 4.90 Å². The SMILES string of the molecule is COc1ccc(C(N)=O)c(OS(=O)(=O)c2cc(Cl)ccc2Cl)c1. The van der Waals surface area contributed by atoms with Crippen LogP contribution in [0.4, 0.5) is 0 Å². The van der Waals surface area contributed by atoms with E-state index in [1.165, 1.54) is 37.4 Å². The van der Waals surface area contributed by atoms with E-state index in [1.54, 1.807) is 0 Å². The fourth-order valence-corrected chi connectivity index (χ4v) is 3.41. The first kappa shape index (κ1) is 17.4. The van der Waals surface area contributed by atoms with Gasteiger partial charge in [0.1, 0.15) is 10.6 Å². The van der Waals surface area contributed by atoms with E-state index in [2.05, 4.69) is 0 Å². The minimum Gasteiger partial charge on any atom is -0.497 e. The Hall–Kier alpha value is -1.96. The highest BCUT2D eigenvalue weighted by Crippen LogP contribution is 2.31. The second-order valence-corrected chi connectivity index (χ2v) is 6.70. The molecule has 0 spiro atoms. The van der Waals surface area contributed by atoms with Gasteiger partial charge in [0.05, 0.1) is 17.7 Å². The zero-order valence-corrected chi connectivity index (χ0v) is 14.1. The molecular weight excluding hydrogens is 365 g/mol. The summed E-state index contributed by atoms with van der Waals surface area (Å²) in [6, 6.07) is 7.88. The van der Waals surface area contributed by atoms with Crippen LogP contribution in [0.3, 0.4) is 0 Å². The fraction of sp³-hybridized carbons (Fsp3) is 0.0714. The lowest BCUT2D eigenvalue weighted by Gasteiger charge is -2.12. The van der Waals surface area contributed by atoms with Crippen molar-refractivity contribution in [3.8, 4) is 11.5 Å². The lowest BCUT2D eigenvalue weighted by molar-refractivity contribution is 0.0999. The molecule has 2 N–H and O–H groups in total. The number of ether oxygens (including phenoxy) is 1. The summed E-state index contributed by atoms with van der Waals surface area (Å²) < 4.78 is 34.8. The van der Waals surface area contributed by atoms with Crippen molar-refractivity contribution in [2.24, 2.45) is 5.73 Å². The van der Waals surface area contributed by atoms with Gasteiger partial charge in [0.25, 0.3) is 5.91 Å². The molecule has 122 valence electrons. The van der Waals surface area contributed by atoms with Crippen LogP contribution in [0.25, 0.3) is 0 Å². The predicted octanol–water partition coefficient (Wildman–Crippen LogP) is 2.87. The monoisotopic (exact) mass is 375 g/mol. The highest BCUT2D eigenvalue weighted by molar-refractivity contribution is 7.87. The van der Waals surface area contributed by atoms with Crippen LogP contribution in [0.5, 0.6) is 11.5 Å². The van der Waals surface area contributed by atoms with Gasteiger partial charge in [-0.15, -0.1) is 0 Å². The Bertz CT molecular complexity index is 867. The number of hydrogen-bond acceptors (Lipinski definition) is 5. The third-order valence-corrected chi connectivity index (χ3v) is 4.77. The van der Waals surface area contributed by atoms with Crippen molar-refractivity contribution < 1.29 is 22.1 Å². The second kappa shape index (κ2) is 6.66. The van der Waals surface area contributed by atoms with Crippen molar-refractivity contribution in [2.75, 3.05) is 7.11 Å². The largest absolute Gasteiger partial charge is 0.497 e. The van der Waals surface area contributed by atoms with E-state index >= 15 is 0 Å². The van der Waals surface area contributed by atoms with Gasteiger partial charge in [-0.1, -0.05) is 23.2 Å². The summed E-state index contributed by atoms with van der Waals surface area (Å²) in [4.78, 5) is 11.1. The first-order valence-corrected chi connectivity index (χ1v) is 8.28. The van der Waals surface area contributed by atoms with E-state index < -0.39 is 16.0 Å². The number of halogens is 2. The Balaban J connectivity index is 2.52. The normalized spacial score (nSPS) is 11.1. The van der Waals surface area contributed by atoms with Gasteiger partial charge in [0.15, 0.2) is 5.75 Å². The number of primary amides is 1. The molecule has 0 aliphatic rings. The minimum atomic E-state index is -4.33. The highest BCUT2D eigenvalue weighted by atomic mass is 35.5. The predicted molar refractivity (Wildman–Crippen MR) is 85.8 cm³/mol. The molecule has 2 rings (SSSR count). The molecule has 2 aromatic rings. The van der Waals surface area contributed by atoms with Gasteiger partial charge >= 0.3 is 10.1 Å². The molecule has 0 aliphatic heterocycles. The summed E-state index contributed by atoms with van der Waals surface area (Å²) in [6.45, 7) is 0. The number of carbonyl (C=O) groups is 1. The number of carbonyl (C=O) groups excluding carboxylic acids is 1. The Morgan fingerprint density at radius 2 is 1.83 bits per heavy atom. The Labute approximate surface area is 142 Å². The average molecular weight is 376 g/mol. The quantitative estimate of drug-likeness (QED) is 0.810. The molecule has 23 heavy (non-hydrogen) atoms. The summed E-state index contributed by atoms with van der Waals surface area (Å²) >= 11 is 11.7. The second-order valence-electron chi connectivity index (χ2n) is 4.34. The van der Waals surface area contributed by atoms with Crippen molar-refractivity contribution >= 4 is 39.2 Å². The van der Waals surface area contributed by atoms with Crippen LogP contribution in [-0.2, 0) is 10.1 Å². The molecule has 1 amide bonds. The van der Waals surface area contributed by atoms with Crippen LogP contribution in [-0.4, -0.2) is 21.4 Å². The number of amides is 1. The summed E-state index contributed by atoms with van der Waals surface area (Å²) in [5.74, 6) is -0.833. The lowest BCUT2D eigenvalue weighted by atomic mass is 10.2. The van der Waals surface area contributed by atoms with Gasteiger partial charge in [0.2, 0.25) is 0 Å². The maximum Gasteiger partial charge on any atom is 0.340 e. The van der Waals surface area contributed by atoms with Gasteiger partial charge < -0.3 is 14.7 Å². The molecule has 2 aromatic carbocycles. The van der Waals surface area contributed by atoms with E-state index in [0.717, 1.165) is 6.07 Å². The Morgan fingerprint density at radius 3 is 2.43 bits per heavy atom. The van der Waals surface area contributed by atoms with E-state index in [-0.39, 0.29) is 32.0 Å². The maximum atomic E-state index is 12.4. The third-order valence-electron chi connectivity index (χ3n) is 2.82. The average Bonchev–Trinajstić information content (AvgIpc) is 2.48. The molecule has 6 nitrogen and oxygen atoms in total. The van der Waals surface area contributed by atoms with E-state index in [1.807, 2.05) is 0 Å². The summed E-state index contributed by atoms with van der Waals surface area (Å²) in [7, 11) is -2.95. The molecule has 0 unspecified atom stereocenters. The van der Waals surface area contributed by atoms with E-state index in [4.69, 9.17) is 37.9 Å². The smallest absolute Gasteiger partial charge is 0.340 e. The number of methoxy groups -OCH3 is 1. The van der Waals surface area contributed by atoms with Crippen LogP contribution in [0.1, 0.15) is 10.4 Å². The van der Waals surface area contributed by atoms with Crippen LogP contribution in [0, 0.1) is 0 Å². The maximum absolute atomic E-state index is 12.4. The fourth-order valence-electron chi connectivity index (χ4n) is 1.73. The van der Waals surface area contributed by atoms with Crippen LogP contribution >= 0.6 is 23.2 Å². The molecule has 0 saturated carbocycles. The van der Waals surface area contributed by atoms with Gasteiger partial charge in [-0.2, -0.15) is 8.42 Å². The van der Waals surface area contributed by atoms with Crippen molar-refractivity contribution in [3.05, 3.63) is 52.0 Å². The molecule has 0 heterocycles. The molecule has 0 saturated heterocycles. The summed E-state index contributed by atoms with van der Waals surface area (Å²) in [5, 5.41) is 0.0928. The van der Waals surface area contributed by atoms with Crippen LogP contribution in [0.2, 0.25) is 10.0 Å². The lowest BCUT2D eigenvalue weighted by Crippen LogP contribution is -2.16. The highest BCUT2D eigenvalue weighted by Gasteiger charge is 2.24.